The lowest BCUT2D eigenvalue weighted by Crippen LogP contribution is -2.59. The Kier molecular flexibility index (Phi) is 2.29. The number of hydrogen-bond donors (Lipinski definition) is 1. The van der Waals surface area contributed by atoms with E-state index in [1.54, 1.807) is 12.1 Å². The molecule has 3 rings (SSSR count). The van der Waals surface area contributed by atoms with Gasteiger partial charge in [-0.25, -0.2) is 9.69 Å². The molecule has 0 aromatic heterocycles. The number of urea groups is 1. The molecule has 1 heterocycles. The quantitative estimate of drug-likeness (QED) is 0.779. The number of imide groups is 2. The average Bonchev–Trinajstić information content (AvgIpc) is 3.14. The van der Waals surface area contributed by atoms with Crippen LogP contribution in [0.1, 0.15) is 24.0 Å². The lowest BCUT2D eigenvalue weighted by molar-refractivity contribution is -0.136. The van der Waals surface area contributed by atoms with Gasteiger partial charge in [-0.2, -0.15) is 0 Å². The first-order chi connectivity index (χ1) is 8.97. The smallest absolute Gasteiger partial charge is 0.276 e. The third kappa shape index (κ3) is 1.51. The summed E-state index contributed by atoms with van der Waals surface area (Å²) in [7, 11) is 0. The second kappa shape index (κ2) is 3.66. The summed E-state index contributed by atoms with van der Waals surface area (Å²) in [5.41, 5.74) is 1.43. The highest BCUT2D eigenvalue weighted by Gasteiger charge is 2.62. The average molecular weight is 258 g/mol. The van der Waals surface area contributed by atoms with E-state index in [0.717, 1.165) is 16.0 Å². The van der Waals surface area contributed by atoms with Gasteiger partial charge in [0, 0.05) is 0 Å². The molecule has 19 heavy (non-hydrogen) atoms. The number of amides is 4. The number of barbiturate groups is 1. The van der Waals surface area contributed by atoms with Crippen molar-refractivity contribution in [1.29, 1.82) is 0 Å². The summed E-state index contributed by atoms with van der Waals surface area (Å²) < 4.78 is 0. The molecule has 4 amide bonds. The Balaban J connectivity index is 2.09. The maximum absolute atomic E-state index is 12.4. The molecule has 2 fully saturated rings. The van der Waals surface area contributed by atoms with Crippen LogP contribution in [-0.4, -0.2) is 17.8 Å². The molecule has 2 aliphatic rings. The summed E-state index contributed by atoms with van der Waals surface area (Å²) in [6, 6.07) is 4.80. The molecule has 0 radical (unpaired) electrons. The van der Waals surface area contributed by atoms with E-state index in [1.165, 1.54) is 0 Å². The minimum Gasteiger partial charge on any atom is -0.276 e. The van der Waals surface area contributed by atoms with Crippen LogP contribution in [-0.2, 0) is 9.59 Å². The zero-order chi connectivity index (χ0) is 13.8. The fourth-order valence-corrected chi connectivity index (χ4v) is 2.44. The molecule has 1 aromatic rings. The number of hydrogen-bond acceptors (Lipinski definition) is 3. The van der Waals surface area contributed by atoms with Crippen molar-refractivity contribution in [2.24, 2.45) is 5.41 Å². The van der Waals surface area contributed by atoms with Crippen molar-refractivity contribution < 1.29 is 14.4 Å². The molecule has 1 aliphatic carbocycles. The molecule has 1 saturated carbocycles. The monoisotopic (exact) mass is 258 g/mol. The van der Waals surface area contributed by atoms with Crippen LogP contribution in [0.25, 0.3) is 0 Å². The maximum atomic E-state index is 12.4. The summed E-state index contributed by atoms with van der Waals surface area (Å²) in [5.74, 6) is -0.848. The summed E-state index contributed by atoms with van der Waals surface area (Å²) >= 11 is 0. The van der Waals surface area contributed by atoms with Crippen molar-refractivity contribution in [1.82, 2.24) is 5.32 Å². The molecular formula is C14H14N2O3. The summed E-state index contributed by atoms with van der Waals surface area (Å²) in [4.78, 5) is 37.3. The Morgan fingerprint density at radius 2 is 1.84 bits per heavy atom. The molecular weight excluding hydrogens is 244 g/mol. The first-order valence-corrected chi connectivity index (χ1v) is 6.23. The van der Waals surface area contributed by atoms with Crippen molar-refractivity contribution in [3.05, 3.63) is 29.3 Å². The van der Waals surface area contributed by atoms with Gasteiger partial charge in [-0.15, -0.1) is 0 Å². The second-order valence-electron chi connectivity index (χ2n) is 5.20. The topological polar surface area (TPSA) is 66.5 Å². The highest BCUT2D eigenvalue weighted by molar-refractivity contribution is 6.31. The fourth-order valence-electron chi connectivity index (χ4n) is 2.44. The predicted molar refractivity (Wildman–Crippen MR) is 68.6 cm³/mol. The molecule has 0 atom stereocenters. The number of rotatable bonds is 1. The number of benzene rings is 1. The normalized spacial score (nSPS) is 20.7. The number of aryl methyl sites for hydroxylation is 1. The van der Waals surface area contributed by atoms with Gasteiger partial charge in [-0.3, -0.25) is 14.9 Å². The third-order valence-electron chi connectivity index (χ3n) is 4.04. The first-order valence-electron chi connectivity index (χ1n) is 6.23. The Morgan fingerprint density at radius 1 is 1.16 bits per heavy atom. The lowest BCUT2D eigenvalue weighted by Gasteiger charge is -2.31. The first kappa shape index (κ1) is 11.9. The molecule has 5 heteroatoms. The Hall–Kier alpha value is -2.17. The van der Waals surface area contributed by atoms with Gasteiger partial charge in [-0.05, 0) is 43.9 Å². The molecule has 0 bridgehead atoms. The molecule has 1 aromatic carbocycles. The van der Waals surface area contributed by atoms with Crippen LogP contribution in [0.5, 0.6) is 0 Å². The van der Waals surface area contributed by atoms with E-state index >= 15 is 0 Å². The predicted octanol–water partition coefficient (Wildman–Crippen LogP) is 1.67. The van der Waals surface area contributed by atoms with Crippen molar-refractivity contribution >= 4 is 23.5 Å². The Bertz CT molecular complexity index is 617. The maximum Gasteiger partial charge on any atom is 0.335 e. The van der Waals surface area contributed by atoms with E-state index in [1.807, 2.05) is 19.9 Å². The van der Waals surface area contributed by atoms with E-state index in [2.05, 4.69) is 5.32 Å². The minimum atomic E-state index is -0.996. The van der Waals surface area contributed by atoms with Gasteiger partial charge < -0.3 is 0 Å². The van der Waals surface area contributed by atoms with Gasteiger partial charge in [-0.1, -0.05) is 12.1 Å². The van der Waals surface area contributed by atoms with Gasteiger partial charge in [0.15, 0.2) is 0 Å². The molecule has 1 saturated heterocycles. The van der Waals surface area contributed by atoms with Crippen LogP contribution in [0.2, 0.25) is 0 Å². The van der Waals surface area contributed by atoms with E-state index in [4.69, 9.17) is 0 Å². The number of anilines is 1. The summed E-state index contributed by atoms with van der Waals surface area (Å²) in [5, 5.41) is 2.28. The van der Waals surface area contributed by atoms with Gasteiger partial charge in [0.25, 0.3) is 5.91 Å². The van der Waals surface area contributed by atoms with E-state index in [0.29, 0.717) is 18.5 Å². The SMILES string of the molecule is Cc1cccc(N2C(=O)NC(=O)C3(CC3)C2=O)c1C. The molecule has 1 aliphatic heterocycles. The Morgan fingerprint density at radius 3 is 2.47 bits per heavy atom. The fraction of sp³-hybridized carbons (Fsp3) is 0.357. The van der Waals surface area contributed by atoms with Crippen LogP contribution in [0.4, 0.5) is 10.5 Å². The van der Waals surface area contributed by atoms with Crippen LogP contribution in [0.3, 0.4) is 0 Å². The Labute approximate surface area is 110 Å². The highest BCUT2D eigenvalue weighted by atomic mass is 16.2. The van der Waals surface area contributed by atoms with E-state index in [-0.39, 0.29) is 0 Å². The third-order valence-corrected chi connectivity index (χ3v) is 4.04. The van der Waals surface area contributed by atoms with Crippen LogP contribution in [0.15, 0.2) is 18.2 Å². The molecule has 1 spiro atoms. The van der Waals surface area contributed by atoms with E-state index in [9.17, 15) is 14.4 Å². The van der Waals surface area contributed by atoms with Gasteiger partial charge in [0.05, 0.1) is 5.69 Å². The standard InChI is InChI=1S/C14H14N2O3/c1-8-4-3-5-10(9(8)2)16-12(18)14(6-7-14)11(17)15-13(16)19/h3-5H,6-7H2,1-2H3,(H,15,17,19). The summed E-state index contributed by atoms with van der Waals surface area (Å²) in [6.07, 6.45) is 1.04. The van der Waals surface area contributed by atoms with Crippen LogP contribution < -0.4 is 10.2 Å². The molecule has 5 nitrogen and oxygen atoms in total. The van der Waals surface area contributed by atoms with Crippen LogP contribution in [0, 0.1) is 19.3 Å². The second-order valence-corrected chi connectivity index (χ2v) is 5.20. The number of nitrogens with one attached hydrogen (secondary N) is 1. The van der Waals surface area contributed by atoms with E-state index < -0.39 is 23.3 Å². The summed E-state index contributed by atoms with van der Waals surface area (Å²) in [6.45, 7) is 3.78. The van der Waals surface area contributed by atoms with Crippen molar-refractivity contribution in [2.45, 2.75) is 26.7 Å². The van der Waals surface area contributed by atoms with Crippen molar-refractivity contribution in [3.8, 4) is 0 Å². The van der Waals surface area contributed by atoms with Gasteiger partial charge in [0.2, 0.25) is 5.91 Å². The molecule has 98 valence electrons. The van der Waals surface area contributed by atoms with Gasteiger partial charge >= 0.3 is 6.03 Å². The number of carbonyl (C=O) groups is 3. The van der Waals surface area contributed by atoms with Crippen molar-refractivity contribution in [2.75, 3.05) is 4.90 Å². The molecule has 1 N–H and O–H groups in total. The van der Waals surface area contributed by atoms with Gasteiger partial charge in [0.1, 0.15) is 5.41 Å². The van der Waals surface area contributed by atoms with Crippen LogP contribution >= 0.6 is 0 Å². The zero-order valence-corrected chi connectivity index (χ0v) is 10.8. The number of nitrogens with zero attached hydrogens (tertiary/aromatic N) is 1. The number of carbonyl (C=O) groups excluding carboxylic acids is 3. The zero-order valence-electron chi connectivity index (χ0n) is 10.8. The minimum absolute atomic E-state index is 0.394. The largest absolute Gasteiger partial charge is 0.335 e. The lowest BCUT2D eigenvalue weighted by atomic mass is 9.99. The van der Waals surface area contributed by atoms with Crippen molar-refractivity contribution in [3.63, 3.8) is 0 Å². The highest BCUT2D eigenvalue weighted by Crippen LogP contribution is 2.49. The molecule has 0 unspecified atom stereocenters.